The quantitative estimate of drug-likeness (QED) is 0.172. The maximum absolute atomic E-state index is 6.21. The van der Waals surface area contributed by atoms with Crippen LogP contribution in [0.3, 0.4) is 0 Å². The zero-order chi connectivity index (χ0) is 46.1. The summed E-state index contributed by atoms with van der Waals surface area (Å²) in [6.07, 6.45) is 0. The predicted octanol–water partition coefficient (Wildman–Crippen LogP) is 20.2. The fourth-order valence-corrected chi connectivity index (χ4v) is 12.3. The monoisotopic (exact) mass is 928 g/mol. The Labute approximate surface area is 411 Å². The summed E-state index contributed by atoms with van der Waals surface area (Å²) in [4.78, 5) is 0. The fraction of sp³-hybridized carbons (Fsp3) is 0. The van der Waals surface area contributed by atoms with Gasteiger partial charge in [-0.05, 0) is 147 Å². The van der Waals surface area contributed by atoms with Crippen molar-refractivity contribution in [2.45, 2.75) is 0 Å². The second kappa shape index (κ2) is 16.6. The van der Waals surface area contributed by atoms with Crippen LogP contribution in [0.25, 0.3) is 140 Å². The summed E-state index contributed by atoms with van der Waals surface area (Å²) < 4.78 is 17.5. The summed E-state index contributed by atoms with van der Waals surface area (Å²) in [7, 11) is 0. The van der Waals surface area contributed by atoms with Crippen molar-refractivity contribution in [2.24, 2.45) is 0 Å². The minimum absolute atomic E-state index is 0.920. The minimum Gasteiger partial charge on any atom is -0.456 e. The number of fused-ring (bicyclic) bond motifs is 12. The maximum atomic E-state index is 6.21. The molecule has 15 aromatic rings. The van der Waals surface area contributed by atoms with Crippen molar-refractivity contribution in [3.63, 3.8) is 0 Å². The van der Waals surface area contributed by atoms with E-state index in [1.165, 1.54) is 107 Å². The van der Waals surface area contributed by atoms with Crippen LogP contribution >= 0.6 is 22.7 Å². The first-order valence-electron chi connectivity index (χ1n) is 23.6. The topological polar surface area (TPSA) is 26.3 Å². The average molecular weight is 929 g/mol. The maximum Gasteiger partial charge on any atom is 0.135 e. The van der Waals surface area contributed by atoms with Crippen molar-refractivity contribution in [1.29, 1.82) is 0 Å². The van der Waals surface area contributed by atoms with Gasteiger partial charge in [0.05, 0.1) is 0 Å². The van der Waals surface area contributed by atoms with E-state index >= 15 is 0 Å². The summed E-state index contributed by atoms with van der Waals surface area (Å²) in [5.41, 5.74) is 16.0. The summed E-state index contributed by atoms with van der Waals surface area (Å²) in [6, 6.07) is 86.9. The van der Waals surface area contributed by atoms with E-state index in [0.717, 1.165) is 33.1 Å². The van der Waals surface area contributed by atoms with Gasteiger partial charge >= 0.3 is 0 Å². The Kier molecular flexibility index (Phi) is 9.61. The largest absolute Gasteiger partial charge is 0.456 e. The van der Waals surface area contributed by atoms with Gasteiger partial charge in [0.2, 0.25) is 0 Å². The van der Waals surface area contributed by atoms with Crippen LogP contribution in [0.4, 0.5) is 0 Å². The third-order valence-electron chi connectivity index (χ3n) is 13.8. The van der Waals surface area contributed by atoms with Crippen LogP contribution in [0.5, 0.6) is 0 Å². The van der Waals surface area contributed by atoms with Crippen molar-refractivity contribution in [2.75, 3.05) is 0 Å². The summed E-state index contributed by atoms with van der Waals surface area (Å²) >= 11 is 3.72. The van der Waals surface area contributed by atoms with Gasteiger partial charge in [0, 0.05) is 61.9 Å². The molecule has 0 saturated carbocycles. The van der Waals surface area contributed by atoms with Crippen LogP contribution in [0.15, 0.2) is 251 Å². The second-order valence-electron chi connectivity index (χ2n) is 18.0. The van der Waals surface area contributed by atoms with E-state index < -0.39 is 0 Å². The van der Waals surface area contributed by atoms with E-state index in [9.17, 15) is 0 Å². The number of rotatable bonds is 5. The highest BCUT2D eigenvalue weighted by atomic mass is 32.1. The molecule has 0 amide bonds. The fourth-order valence-electron chi connectivity index (χ4n) is 10.2. The van der Waals surface area contributed by atoms with Crippen LogP contribution in [0, 0.1) is 0 Å². The number of hydrogen-bond acceptors (Lipinski definition) is 4. The zero-order valence-electron chi connectivity index (χ0n) is 37.7. The molecule has 0 N–H and O–H groups in total. The molecule has 15 rings (SSSR count). The van der Waals surface area contributed by atoms with Gasteiger partial charge in [0.1, 0.15) is 22.3 Å². The van der Waals surface area contributed by atoms with Crippen molar-refractivity contribution in [3.05, 3.63) is 243 Å². The van der Waals surface area contributed by atoms with E-state index in [-0.39, 0.29) is 0 Å². The molecular formula is C66H40O2S2. The first-order valence-corrected chi connectivity index (χ1v) is 25.2. The molecule has 0 spiro atoms. The van der Waals surface area contributed by atoms with Crippen LogP contribution in [0.1, 0.15) is 0 Å². The van der Waals surface area contributed by atoms with E-state index in [4.69, 9.17) is 8.83 Å². The molecule has 0 bridgehead atoms. The molecule has 70 heavy (non-hydrogen) atoms. The van der Waals surface area contributed by atoms with Crippen molar-refractivity contribution < 1.29 is 8.83 Å². The Morgan fingerprint density at radius 3 is 0.800 bits per heavy atom. The first-order chi connectivity index (χ1) is 34.6. The van der Waals surface area contributed by atoms with Gasteiger partial charge in [-0.2, -0.15) is 0 Å². The Hall–Kier alpha value is -8.54. The molecule has 4 heterocycles. The molecule has 0 aliphatic heterocycles. The lowest BCUT2D eigenvalue weighted by Crippen LogP contribution is -1.79. The molecule has 0 radical (unpaired) electrons. The van der Waals surface area contributed by atoms with E-state index in [2.05, 4.69) is 231 Å². The van der Waals surface area contributed by atoms with Crippen LogP contribution in [-0.2, 0) is 0 Å². The standard InChI is InChI=1S/C36H22OS.C30H18OS/c1-3-7-23(8-4-1)25-11-15-33-29(19-25)30-20-27(12-16-34(30)37-33)28-14-18-36-32(22-28)31-21-26(13-17-35(31)38-36)24-9-5-2-6-10-24;1-2-6-19(7-3-1)20-11-14-29-25(17-20)26-18-22(12-15-30(26)32-29)21-10-13-28-24(16-21)23-8-4-5-9-27(23)31-28/h1-22H;1-18H. The van der Waals surface area contributed by atoms with Crippen molar-refractivity contribution >= 4 is 107 Å². The lowest BCUT2D eigenvalue weighted by molar-refractivity contribution is 0.668. The number of para-hydroxylation sites is 1. The Morgan fingerprint density at radius 1 is 0.186 bits per heavy atom. The molecule has 0 saturated heterocycles. The van der Waals surface area contributed by atoms with Crippen LogP contribution in [0.2, 0.25) is 0 Å². The van der Waals surface area contributed by atoms with Gasteiger partial charge in [0.25, 0.3) is 0 Å². The van der Waals surface area contributed by atoms with Gasteiger partial charge < -0.3 is 8.83 Å². The highest BCUT2D eigenvalue weighted by molar-refractivity contribution is 7.26. The Balaban J connectivity index is 0.000000133. The van der Waals surface area contributed by atoms with E-state index in [1.54, 1.807) is 0 Å². The van der Waals surface area contributed by atoms with Crippen LogP contribution in [-0.4, -0.2) is 0 Å². The number of furan rings is 2. The lowest BCUT2D eigenvalue weighted by Gasteiger charge is -2.04. The van der Waals surface area contributed by atoms with Crippen molar-refractivity contribution in [3.8, 4) is 55.6 Å². The molecule has 4 aromatic heterocycles. The van der Waals surface area contributed by atoms with E-state index in [0.29, 0.717) is 0 Å². The van der Waals surface area contributed by atoms with Gasteiger partial charge in [-0.1, -0.05) is 152 Å². The molecule has 328 valence electrons. The molecule has 11 aromatic carbocycles. The lowest BCUT2D eigenvalue weighted by atomic mass is 9.98. The third kappa shape index (κ3) is 7.08. The minimum atomic E-state index is 0.920. The predicted molar refractivity (Wildman–Crippen MR) is 300 cm³/mol. The highest BCUT2D eigenvalue weighted by Crippen LogP contribution is 2.42. The number of thiophene rings is 2. The first kappa shape index (κ1) is 40.5. The van der Waals surface area contributed by atoms with Crippen molar-refractivity contribution in [1.82, 2.24) is 0 Å². The molecule has 4 heteroatoms. The molecule has 0 aliphatic rings. The smallest absolute Gasteiger partial charge is 0.135 e. The Morgan fingerprint density at radius 2 is 0.443 bits per heavy atom. The summed E-state index contributed by atoms with van der Waals surface area (Å²) in [5.74, 6) is 0. The van der Waals surface area contributed by atoms with Gasteiger partial charge in [-0.25, -0.2) is 0 Å². The van der Waals surface area contributed by atoms with Gasteiger partial charge in [-0.3, -0.25) is 0 Å². The third-order valence-corrected chi connectivity index (χ3v) is 16.1. The Bertz CT molecular complexity index is 4300. The zero-order valence-corrected chi connectivity index (χ0v) is 39.4. The number of benzene rings is 11. The molecule has 0 fully saturated rings. The molecular weight excluding hydrogens is 889 g/mol. The molecule has 2 nitrogen and oxygen atoms in total. The highest BCUT2D eigenvalue weighted by Gasteiger charge is 2.15. The second-order valence-corrected chi connectivity index (χ2v) is 20.1. The van der Waals surface area contributed by atoms with Gasteiger partial charge in [0.15, 0.2) is 0 Å². The van der Waals surface area contributed by atoms with Gasteiger partial charge in [-0.15, -0.1) is 22.7 Å². The number of hydrogen-bond donors (Lipinski definition) is 0. The molecule has 0 aliphatic carbocycles. The molecule has 0 unspecified atom stereocenters. The SMILES string of the molecule is c1ccc(-c2ccc3oc4ccc(-c5ccc6sc7ccc(-c8ccccc8)cc7c6c5)cc4c3c2)cc1.c1ccc(-c2ccc3sc4ccc(-c5ccc6oc7ccccc7c6c5)cc4c3c2)cc1. The molecule has 0 atom stereocenters. The summed E-state index contributed by atoms with van der Waals surface area (Å²) in [5, 5.41) is 9.90. The summed E-state index contributed by atoms with van der Waals surface area (Å²) in [6.45, 7) is 0. The normalized spacial score (nSPS) is 11.7. The average Bonchev–Trinajstić information content (AvgIpc) is 4.20. The van der Waals surface area contributed by atoms with Crippen LogP contribution < -0.4 is 0 Å². The van der Waals surface area contributed by atoms with E-state index in [1.807, 2.05) is 34.8 Å².